The molecule has 0 heterocycles. The SMILES string of the molecule is CCCOB=O. The summed E-state index contributed by atoms with van der Waals surface area (Å²) in [6, 6.07) is 0. The molecule has 0 unspecified atom stereocenters. The molecule has 0 amide bonds. The van der Waals surface area contributed by atoms with Gasteiger partial charge in [-0.3, -0.25) is 0 Å². The quantitative estimate of drug-likeness (QED) is 0.366. The Morgan fingerprint density at radius 3 is 2.67 bits per heavy atom. The molecule has 2 nitrogen and oxygen atoms in total. The molecule has 0 aromatic carbocycles. The van der Waals surface area contributed by atoms with Gasteiger partial charge in [0, 0.05) is 0 Å². The molecule has 0 aromatic rings. The van der Waals surface area contributed by atoms with Crippen molar-refractivity contribution in [2.24, 2.45) is 0 Å². The van der Waals surface area contributed by atoms with Crippen LogP contribution < -0.4 is 0 Å². The Morgan fingerprint density at radius 1 is 1.83 bits per heavy atom. The van der Waals surface area contributed by atoms with Crippen molar-refractivity contribution in [3.63, 3.8) is 0 Å². The van der Waals surface area contributed by atoms with Crippen LogP contribution in [0.4, 0.5) is 0 Å². The van der Waals surface area contributed by atoms with Gasteiger partial charge in [0.2, 0.25) is 0 Å². The van der Waals surface area contributed by atoms with Crippen molar-refractivity contribution in [2.45, 2.75) is 13.3 Å². The first-order valence-electron chi connectivity index (χ1n) is 1.97. The van der Waals surface area contributed by atoms with Gasteiger partial charge in [0.15, 0.2) is 0 Å². The molecule has 0 aliphatic heterocycles. The minimum absolute atomic E-state index is 0.462. The molecule has 0 radical (unpaired) electrons. The molecule has 34 valence electrons. The summed E-state index contributed by atoms with van der Waals surface area (Å²) in [5.74, 6) is 0. The van der Waals surface area contributed by atoms with Crippen molar-refractivity contribution in [3.05, 3.63) is 0 Å². The first-order chi connectivity index (χ1) is 2.91. The molecule has 3 heteroatoms. The third-order valence-electron chi connectivity index (χ3n) is 0.390. The van der Waals surface area contributed by atoms with Crippen molar-refractivity contribution >= 4 is 7.35 Å². The number of rotatable bonds is 3. The molecular weight excluding hydrogens is 78.8 g/mol. The summed E-state index contributed by atoms with van der Waals surface area (Å²) in [6.07, 6.45) is 0.902. The maximum absolute atomic E-state index is 9.34. The van der Waals surface area contributed by atoms with Crippen LogP contribution in [0.5, 0.6) is 0 Å². The van der Waals surface area contributed by atoms with Crippen LogP contribution in [0.15, 0.2) is 0 Å². The van der Waals surface area contributed by atoms with Gasteiger partial charge in [-0.25, -0.2) is 0 Å². The first kappa shape index (κ1) is 5.66. The fourth-order valence-electron chi connectivity index (χ4n) is 0.166. The molecule has 0 N–H and O–H groups in total. The molecule has 0 rings (SSSR count). The van der Waals surface area contributed by atoms with Crippen LogP contribution in [0.25, 0.3) is 0 Å². The van der Waals surface area contributed by atoms with Crippen molar-refractivity contribution < 1.29 is 9.36 Å². The summed E-state index contributed by atoms with van der Waals surface area (Å²) in [6.45, 7) is 2.49. The van der Waals surface area contributed by atoms with E-state index in [1.807, 2.05) is 6.92 Å². The molecule has 0 atom stereocenters. The van der Waals surface area contributed by atoms with Crippen molar-refractivity contribution in [3.8, 4) is 0 Å². The Bertz CT molecular complexity index is 37.8. The molecule has 0 saturated carbocycles. The summed E-state index contributed by atoms with van der Waals surface area (Å²) in [5.41, 5.74) is 0. The summed E-state index contributed by atoms with van der Waals surface area (Å²) in [5, 5.41) is 0. The van der Waals surface area contributed by atoms with E-state index in [1.54, 1.807) is 0 Å². The Balaban J connectivity index is 2.49. The second-order valence-corrected chi connectivity index (χ2v) is 0.967. The number of hydrogen-bond donors (Lipinski definition) is 0. The van der Waals surface area contributed by atoms with E-state index in [2.05, 4.69) is 4.65 Å². The van der Waals surface area contributed by atoms with Gasteiger partial charge in [-0.15, -0.1) is 0 Å². The van der Waals surface area contributed by atoms with Crippen LogP contribution >= 0.6 is 0 Å². The molecule has 0 bridgehead atoms. The molecule has 0 spiro atoms. The Hall–Kier alpha value is -0.335. The van der Waals surface area contributed by atoms with E-state index < -0.39 is 0 Å². The topological polar surface area (TPSA) is 26.3 Å². The van der Waals surface area contributed by atoms with Crippen LogP contribution in [-0.2, 0) is 9.36 Å². The molecule has 0 aliphatic carbocycles. The van der Waals surface area contributed by atoms with Gasteiger partial charge in [-0.1, -0.05) is 0 Å². The van der Waals surface area contributed by atoms with E-state index in [4.69, 9.17) is 0 Å². The monoisotopic (exact) mass is 86.1 g/mol. The van der Waals surface area contributed by atoms with Gasteiger partial charge in [-0.2, -0.15) is 0 Å². The molecular formula is C3H7BO2. The van der Waals surface area contributed by atoms with Crippen LogP contribution in [0, 0.1) is 0 Å². The zero-order valence-electron chi connectivity index (χ0n) is 3.81. The normalized spacial score (nSPS) is 6.83. The standard InChI is InChI=1S/C3H7BO2/c1-2-3-6-4-5/h2-3H2,1H3. The first-order valence-corrected chi connectivity index (χ1v) is 1.97. The van der Waals surface area contributed by atoms with E-state index in [9.17, 15) is 4.70 Å². The van der Waals surface area contributed by atoms with Crippen molar-refractivity contribution in [1.29, 1.82) is 0 Å². The Morgan fingerprint density at radius 2 is 2.50 bits per heavy atom. The molecule has 0 aliphatic rings. The van der Waals surface area contributed by atoms with Gasteiger partial charge in [0.25, 0.3) is 0 Å². The van der Waals surface area contributed by atoms with E-state index in [0.29, 0.717) is 14.0 Å². The fraction of sp³-hybridized carbons (Fsp3) is 1.00. The molecule has 0 fully saturated rings. The second kappa shape index (κ2) is 4.66. The van der Waals surface area contributed by atoms with E-state index in [-0.39, 0.29) is 0 Å². The summed E-state index contributed by atoms with van der Waals surface area (Å²) in [4.78, 5) is 0. The minimum atomic E-state index is 0.462. The van der Waals surface area contributed by atoms with E-state index >= 15 is 0 Å². The zero-order chi connectivity index (χ0) is 4.83. The molecule has 0 saturated heterocycles. The maximum atomic E-state index is 9.34. The predicted molar refractivity (Wildman–Crippen MR) is 22.7 cm³/mol. The molecule has 0 aromatic heterocycles. The Labute approximate surface area is 37.8 Å². The van der Waals surface area contributed by atoms with Crippen molar-refractivity contribution in [2.75, 3.05) is 6.61 Å². The van der Waals surface area contributed by atoms with Crippen LogP contribution in [0.1, 0.15) is 13.3 Å². The van der Waals surface area contributed by atoms with E-state index in [0.717, 1.165) is 6.42 Å². The second-order valence-electron chi connectivity index (χ2n) is 0.967. The van der Waals surface area contributed by atoms with Gasteiger partial charge >= 0.3 is 36.7 Å². The summed E-state index contributed by atoms with van der Waals surface area (Å²) in [7, 11) is 0.462. The van der Waals surface area contributed by atoms with Gasteiger partial charge in [0.1, 0.15) is 0 Å². The van der Waals surface area contributed by atoms with Crippen LogP contribution in [0.3, 0.4) is 0 Å². The average Bonchev–Trinajstić information content (AvgIpc) is 1.61. The van der Waals surface area contributed by atoms with E-state index in [1.165, 1.54) is 0 Å². The number of hydrogen-bond acceptors (Lipinski definition) is 2. The third kappa shape index (κ3) is 3.66. The zero-order valence-corrected chi connectivity index (χ0v) is 3.81. The predicted octanol–water partition coefficient (Wildman–Crippen LogP) is 0.378. The molecule has 6 heavy (non-hydrogen) atoms. The van der Waals surface area contributed by atoms with Gasteiger partial charge in [0.05, 0.1) is 0 Å². The van der Waals surface area contributed by atoms with Crippen LogP contribution in [0.2, 0.25) is 0 Å². The van der Waals surface area contributed by atoms with Gasteiger partial charge < -0.3 is 0 Å². The van der Waals surface area contributed by atoms with Crippen LogP contribution in [-0.4, -0.2) is 14.0 Å². The summed E-state index contributed by atoms with van der Waals surface area (Å²) < 4.78 is 13.6. The summed E-state index contributed by atoms with van der Waals surface area (Å²) >= 11 is 0. The fourth-order valence-corrected chi connectivity index (χ4v) is 0.166. The van der Waals surface area contributed by atoms with Crippen molar-refractivity contribution in [1.82, 2.24) is 0 Å². The third-order valence-corrected chi connectivity index (χ3v) is 0.390. The average molecular weight is 85.9 g/mol. The Kier molecular flexibility index (Phi) is 4.40. The van der Waals surface area contributed by atoms with Gasteiger partial charge in [-0.05, 0) is 0 Å².